The number of hydrogen-bond acceptors (Lipinski definition) is 3. The molecule has 0 aliphatic rings. The van der Waals surface area contributed by atoms with Gasteiger partial charge in [-0.15, -0.1) is 0 Å². The van der Waals surface area contributed by atoms with E-state index in [4.69, 9.17) is 4.98 Å². The highest BCUT2D eigenvalue weighted by molar-refractivity contribution is 5.76. The third kappa shape index (κ3) is 2.81. The molecule has 2 heterocycles. The number of hydrogen-bond donors (Lipinski definition) is 1. The highest BCUT2D eigenvalue weighted by Crippen LogP contribution is 2.17. The van der Waals surface area contributed by atoms with Crippen LogP contribution in [0.3, 0.4) is 0 Å². The predicted molar refractivity (Wildman–Crippen MR) is 85.6 cm³/mol. The highest BCUT2D eigenvalue weighted by Gasteiger charge is 2.07. The largest absolute Gasteiger partial charge is 0.310 e. The maximum Gasteiger partial charge on any atom is 0.138 e. The second-order valence-corrected chi connectivity index (χ2v) is 5.55. The second kappa shape index (κ2) is 5.66. The minimum absolute atomic E-state index is 0.474. The van der Waals surface area contributed by atoms with Crippen LogP contribution in [0.4, 0.5) is 0 Å². The van der Waals surface area contributed by atoms with Crippen LogP contribution in [0.2, 0.25) is 0 Å². The summed E-state index contributed by atoms with van der Waals surface area (Å²) in [6.07, 6.45) is 1.83. The van der Waals surface area contributed by atoms with Crippen LogP contribution in [-0.4, -0.2) is 20.6 Å². The number of aromatic nitrogens is 3. The first kappa shape index (κ1) is 13.8. The zero-order valence-electron chi connectivity index (χ0n) is 12.7. The number of fused-ring (bicyclic) bond motifs is 1. The first-order chi connectivity index (χ1) is 10.1. The number of benzene rings is 1. The fraction of sp³-hybridized carbons (Fsp3) is 0.294. The average Bonchev–Trinajstić information content (AvgIpc) is 2.89. The Morgan fingerprint density at radius 3 is 2.71 bits per heavy atom. The molecule has 0 unspecified atom stereocenters. The van der Waals surface area contributed by atoms with Gasteiger partial charge in [0.05, 0.1) is 11.0 Å². The molecule has 108 valence electrons. The van der Waals surface area contributed by atoms with Crippen molar-refractivity contribution < 1.29 is 0 Å². The van der Waals surface area contributed by atoms with E-state index in [0.717, 1.165) is 29.1 Å². The molecule has 2 aromatic heterocycles. The van der Waals surface area contributed by atoms with E-state index in [0.29, 0.717) is 6.04 Å². The molecule has 3 rings (SSSR count). The van der Waals surface area contributed by atoms with Crippen LogP contribution in [-0.2, 0) is 6.54 Å². The summed E-state index contributed by atoms with van der Waals surface area (Å²) in [4.78, 5) is 9.14. The minimum atomic E-state index is 0.474. The standard InChI is InChI=1S/C17H20N4/c1-12(2)18-10-14-8-9-17(20-13(14)3)21-11-19-15-6-4-5-7-16(15)21/h4-9,11-12,18H,10H2,1-3H3. The maximum atomic E-state index is 4.73. The summed E-state index contributed by atoms with van der Waals surface area (Å²) in [5, 5.41) is 3.43. The number of para-hydroxylation sites is 2. The summed E-state index contributed by atoms with van der Waals surface area (Å²) >= 11 is 0. The fourth-order valence-corrected chi connectivity index (χ4v) is 2.35. The van der Waals surface area contributed by atoms with Crippen molar-refractivity contribution >= 4 is 11.0 Å². The zero-order chi connectivity index (χ0) is 14.8. The van der Waals surface area contributed by atoms with E-state index in [1.54, 1.807) is 0 Å². The second-order valence-electron chi connectivity index (χ2n) is 5.55. The molecule has 21 heavy (non-hydrogen) atoms. The van der Waals surface area contributed by atoms with E-state index in [-0.39, 0.29) is 0 Å². The smallest absolute Gasteiger partial charge is 0.138 e. The molecule has 0 saturated heterocycles. The summed E-state index contributed by atoms with van der Waals surface area (Å²) in [7, 11) is 0. The third-order valence-electron chi connectivity index (χ3n) is 3.58. The van der Waals surface area contributed by atoms with Crippen LogP contribution >= 0.6 is 0 Å². The van der Waals surface area contributed by atoms with Gasteiger partial charge in [0.2, 0.25) is 0 Å². The first-order valence-corrected chi connectivity index (χ1v) is 7.27. The molecule has 1 aromatic carbocycles. The van der Waals surface area contributed by atoms with Gasteiger partial charge in [-0.2, -0.15) is 0 Å². The Hall–Kier alpha value is -2.20. The molecular formula is C17H20N4. The third-order valence-corrected chi connectivity index (χ3v) is 3.58. The predicted octanol–water partition coefficient (Wildman–Crippen LogP) is 3.23. The molecule has 0 spiro atoms. The lowest BCUT2D eigenvalue weighted by atomic mass is 10.2. The number of nitrogens with one attached hydrogen (secondary N) is 1. The molecule has 0 bridgehead atoms. The molecule has 0 amide bonds. The number of nitrogens with zero attached hydrogens (tertiary/aromatic N) is 3. The van der Waals surface area contributed by atoms with Gasteiger partial charge in [-0.25, -0.2) is 9.97 Å². The minimum Gasteiger partial charge on any atom is -0.310 e. The van der Waals surface area contributed by atoms with Crippen molar-refractivity contribution in [1.82, 2.24) is 19.9 Å². The van der Waals surface area contributed by atoms with Crippen LogP contribution in [0.1, 0.15) is 25.1 Å². The summed E-state index contributed by atoms with van der Waals surface area (Å²) in [5.41, 5.74) is 4.36. The van der Waals surface area contributed by atoms with Crippen molar-refractivity contribution in [3.05, 3.63) is 54.0 Å². The monoisotopic (exact) mass is 280 g/mol. The zero-order valence-corrected chi connectivity index (χ0v) is 12.7. The lowest BCUT2D eigenvalue weighted by Gasteiger charge is -2.11. The van der Waals surface area contributed by atoms with Crippen LogP contribution in [0, 0.1) is 6.92 Å². The van der Waals surface area contributed by atoms with Crippen molar-refractivity contribution in [2.45, 2.75) is 33.4 Å². The fourth-order valence-electron chi connectivity index (χ4n) is 2.35. The molecule has 0 aliphatic carbocycles. The van der Waals surface area contributed by atoms with E-state index in [2.05, 4.69) is 49.3 Å². The van der Waals surface area contributed by atoms with Gasteiger partial charge >= 0.3 is 0 Å². The molecule has 0 aliphatic heterocycles. The normalized spacial score (nSPS) is 11.4. The Morgan fingerprint density at radius 2 is 1.95 bits per heavy atom. The van der Waals surface area contributed by atoms with Crippen molar-refractivity contribution in [1.29, 1.82) is 0 Å². The van der Waals surface area contributed by atoms with Crippen molar-refractivity contribution in [2.24, 2.45) is 0 Å². The Kier molecular flexibility index (Phi) is 3.71. The summed E-state index contributed by atoms with van der Waals surface area (Å²) in [6.45, 7) is 7.20. The number of imidazole rings is 1. The van der Waals surface area contributed by atoms with Gasteiger partial charge in [0.25, 0.3) is 0 Å². The Bertz CT molecular complexity index is 758. The lowest BCUT2D eigenvalue weighted by molar-refractivity contribution is 0.586. The topological polar surface area (TPSA) is 42.7 Å². The van der Waals surface area contributed by atoms with E-state index >= 15 is 0 Å². The summed E-state index contributed by atoms with van der Waals surface area (Å²) in [5.74, 6) is 0.912. The molecule has 4 nitrogen and oxygen atoms in total. The molecule has 0 atom stereocenters. The van der Waals surface area contributed by atoms with Gasteiger partial charge in [-0.05, 0) is 30.7 Å². The number of pyridine rings is 1. The van der Waals surface area contributed by atoms with E-state index in [9.17, 15) is 0 Å². The molecule has 3 aromatic rings. The van der Waals surface area contributed by atoms with Gasteiger partial charge in [-0.1, -0.05) is 32.0 Å². The number of aryl methyl sites for hydroxylation is 1. The SMILES string of the molecule is Cc1nc(-n2cnc3ccccc32)ccc1CNC(C)C. The average molecular weight is 280 g/mol. The van der Waals surface area contributed by atoms with E-state index in [1.807, 2.05) is 29.1 Å². The van der Waals surface area contributed by atoms with Crippen LogP contribution in [0.25, 0.3) is 16.9 Å². The molecule has 1 N–H and O–H groups in total. The van der Waals surface area contributed by atoms with Crippen LogP contribution in [0.5, 0.6) is 0 Å². The maximum absolute atomic E-state index is 4.73. The quantitative estimate of drug-likeness (QED) is 0.798. The van der Waals surface area contributed by atoms with E-state index in [1.165, 1.54) is 5.56 Å². The molecule has 0 radical (unpaired) electrons. The van der Waals surface area contributed by atoms with Crippen LogP contribution in [0.15, 0.2) is 42.7 Å². The Labute approximate surface area is 124 Å². The Morgan fingerprint density at radius 1 is 1.14 bits per heavy atom. The summed E-state index contributed by atoms with van der Waals surface area (Å²) < 4.78 is 2.03. The van der Waals surface area contributed by atoms with Gasteiger partial charge in [-0.3, -0.25) is 4.57 Å². The molecule has 0 fully saturated rings. The van der Waals surface area contributed by atoms with Crippen molar-refractivity contribution in [3.8, 4) is 5.82 Å². The van der Waals surface area contributed by atoms with Gasteiger partial charge < -0.3 is 5.32 Å². The summed E-state index contributed by atoms with van der Waals surface area (Å²) in [6, 6.07) is 12.8. The Balaban J connectivity index is 1.95. The molecular weight excluding hydrogens is 260 g/mol. The molecule has 4 heteroatoms. The van der Waals surface area contributed by atoms with E-state index < -0.39 is 0 Å². The number of rotatable bonds is 4. The molecule has 0 saturated carbocycles. The lowest BCUT2D eigenvalue weighted by Crippen LogP contribution is -2.22. The van der Waals surface area contributed by atoms with Crippen LogP contribution < -0.4 is 5.32 Å². The van der Waals surface area contributed by atoms with Crippen molar-refractivity contribution in [2.75, 3.05) is 0 Å². The van der Waals surface area contributed by atoms with Gasteiger partial charge in [0.15, 0.2) is 0 Å². The van der Waals surface area contributed by atoms with Gasteiger partial charge in [0, 0.05) is 18.3 Å². The first-order valence-electron chi connectivity index (χ1n) is 7.27. The van der Waals surface area contributed by atoms with Gasteiger partial charge in [0.1, 0.15) is 12.1 Å². The highest BCUT2D eigenvalue weighted by atomic mass is 15.1. The van der Waals surface area contributed by atoms with Crippen molar-refractivity contribution in [3.63, 3.8) is 0 Å².